The number of hydrogen-bond donors (Lipinski definition) is 1. The second kappa shape index (κ2) is 7.21. The summed E-state index contributed by atoms with van der Waals surface area (Å²) in [5.41, 5.74) is 0. The Hall–Kier alpha value is -1.66. The summed E-state index contributed by atoms with van der Waals surface area (Å²) in [5, 5.41) is 3.15. The van der Waals surface area contributed by atoms with Crippen LogP contribution in [0.15, 0.2) is 34.8 Å². The standard InChI is InChI=1S/C14H16BrN3O2/c1-3-16-12-8-14(18-13(17-12)9-19-2)20-11-6-4-10(15)5-7-11/h4-8H,3,9H2,1-2H3,(H,16,17,18). The topological polar surface area (TPSA) is 56.3 Å². The minimum absolute atomic E-state index is 0.343. The highest BCUT2D eigenvalue weighted by molar-refractivity contribution is 9.10. The lowest BCUT2D eigenvalue weighted by molar-refractivity contribution is 0.177. The van der Waals surface area contributed by atoms with Crippen LogP contribution in [0.1, 0.15) is 12.7 Å². The van der Waals surface area contributed by atoms with Gasteiger partial charge in [0.05, 0.1) is 0 Å². The van der Waals surface area contributed by atoms with Gasteiger partial charge >= 0.3 is 0 Å². The van der Waals surface area contributed by atoms with Gasteiger partial charge in [0.15, 0.2) is 5.82 Å². The fourth-order valence-corrected chi connectivity index (χ4v) is 1.88. The molecule has 0 radical (unpaired) electrons. The van der Waals surface area contributed by atoms with Crippen molar-refractivity contribution in [3.05, 3.63) is 40.6 Å². The molecule has 0 saturated heterocycles. The molecule has 5 nitrogen and oxygen atoms in total. The first-order chi connectivity index (χ1) is 9.71. The first-order valence-corrected chi connectivity index (χ1v) is 7.04. The average Bonchev–Trinajstić information content (AvgIpc) is 2.42. The summed E-state index contributed by atoms with van der Waals surface area (Å²) < 4.78 is 11.8. The van der Waals surface area contributed by atoms with E-state index in [-0.39, 0.29) is 0 Å². The van der Waals surface area contributed by atoms with E-state index in [1.807, 2.05) is 31.2 Å². The molecular weight excluding hydrogens is 322 g/mol. The quantitative estimate of drug-likeness (QED) is 0.872. The molecule has 0 aliphatic heterocycles. The molecule has 0 amide bonds. The second-order valence-electron chi connectivity index (χ2n) is 4.03. The Morgan fingerprint density at radius 1 is 1.20 bits per heavy atom. The predicted octanol–water partition coefficient (Wildman–Crippen LogP) is 3.61. The van der Waals surface area contributed by atoms with Gasteiger partial charge in [-0.2, -0.15) is 4.98 Å². The van der Waals surface area contributed by atoms with Crippen molar-refractivity contribution in [2.24, 2.45) is 0 Å². The second-order valence-corrected chi connectivity index (χ2v) is 4.94. The zero-order chi connectivity index (χ0) is 14.4. The van der Waals surface area contributed by atoms with Crippen LogP contribution < -0.4 is 10.1 Å². The van der Waals surface area contributed by atoms with Crippen molar-refractivity contribution >= 4 is 21.7 Å². The van der Waals surface area contributed by atoms with E-state index in [1.54, 1.807) is 13.2 Å². The van der Waals surface area contributed by atoms with E-state index < -0.39 is 0 Å². The van der Waals surface area contributed by atoms with Crippen LogP contribution in [-0.4, -0.2) is 23.6 Å². The third-order valence-electron chi connectivity index (χ3n) is 2.42. The van der Waals surface area contributed by atoms with Crippen LogP contribution in [0.5, 0.6) is 11.6 Å². The fraction of sp³-hybridized carbons (Fsp3) is 0.286. The zero-order valence-corrected chi connectivity index (χ0v) is 13.0. The maximum atomic E-state index is 5.74. The van der Waals surface area contributed by atoms with Crippen LogP contribution >= 0.6 is 15.9 Å². The van der Waals surface area contributed by atoms with Crippen molar-refractivity contribution in [1.29, 1.82) is 0 Å². The number of aromatic nitrogens is 2. The molecule has 6 heteroatoms. The number of halogens is 1. The number of methoxy groups -OCH3 is 1. The van der Waals surface area contributed by atoms with Gasteiger partial charge in [0.1, 0.15) is 18.2 Å². The van der Waals surface area contributed by atoms with Crippen LogP contribution in [0, 0.1) is 0 Å². The van der Waals surface area contributed by atoms with Crippen molar-refractivity contribution in [1.82, 2.24) is 9.97 Å². The number of hydrogen-bond acceptors (Lipinski definition) is 5. The van der Waals surface area contributed by atoms with Crippen molar-refractivity contribution in [3.63, 3.8) is 0 Å². The lowest BCUT2D eigenvalue weighted by Gasteiger charge is -2.09. The summed E-state index contributed by atoms with van der Waals surface area (Å²) in [5.74, 6) is 2.52. The zero-order valence-electron chi connectivity index (χ0n) is 11.4. The van der Waals surface area contributed by atoms with Gasteiger partial charge in [-0.15, -0.1) is 0 Å². The first kappa shape index (κ1) is 14.7. The Morgan fingerprint density at radius 3 is 2.60 bits per heavy atom. The monoisotopic (exact) mass is 337 g/mol. The van der Waals surface area contributed by atoms with Crippen LogP contribution in [0.3, 0.4) is 0 Å². The molecule has 20 heavy (non-hydrogen) atoms. The molecule has 1 aromatic heterocycles. The number of anilines is 1. The van der Waals surface area contributed by atoms with E-state index in [0.717, 1.165) is 22.6 Å². The number of benzene rings is 1. The van der Waals surface area contributed by atoms with Crippen molar-refractivity contribution in [2.75, 3.05) is 19.0 Å². The maximum Gasteiger partial charge on any atom is 0.224 e. The SMILES string of the molecule is CCNc1cc(Oc2ccc(Br)cc2)nc(COC)n1. The van der Waals surface area contributed by atoms with Gasteiger partial charge in [-0.05, 0) is 31.2 Å². The Morgan fingerprint density at radius 2 is 1.95 bits per heavy atom. The summed E-state index contributed by atoms with van der Waals surface area (Å²) in [6, 6.07) is 9.34. The third kappa shape index (κ3) is 4.18. The van der Waals surface area contributed by atoms with Crippen LogP contribution in [-0.2, 0) is 11.3 Å². The third-order valence-corrected chi connectivity index (χ3v) is 2.95. The predicted molar refractivity (Wildman–Crippen MR) is 81.1 cm³/mol. The highest BCUT2D eigenvalue weighted by Gasteiger charge is 2.06. The van der Waals surface area contributed by atoms with E-state index in [9.17, 15) is 0 Å². The lowest BCUT2D eigenvalue weighted by Crippen LogP contribution is -2.05. The maximum absolute atomic E-state index is 5.74. The Labute approximate surface area is 126 Å². The molecule has 0 bridgehead atoms. The number of nitrogens with zero attached hydrogens (tertiary/aromatic N) is 2. The molecule has 1 aromatic carbocycles. The lowest BCUT2D eigenvalue weighted by atomic mass is 10.3. The van der Waals surface area contributed by atoms with Crippen LogP contribution in [0.25, 0.3) is 0 Å². The van der Waals surface area contributed by atoms with Gasteiger partial charge in [-0.3, -0.25) is 0 Å². The fourth-order valence-electron chi connectivity index (χ4n) is 1.61. The Kier molecular flexibility index (Phi) is 5.31. The highest BCUT2D eigenvalue weighted by Crippen LogP contribution is 2.23. The van der Waals surface area contributed by atoms with E-state index in [1.165, 1.54) is 0 Å². The molecule has 0 aliphatic rings. The molecule has 0 aliphatic carbocycles. The molecule has 0 fully saturated rings. The average molecular weight is 338 g/mol. The summed E-state index contributed by atoms with van der Waals surface area (Å²) in [7, 11) is 1.61. The molecule has 1 heterocycles. The molecule has 2 rings (SSSR count). The van der Waals surface area contributed by atoms with Gasteiger partial charge in [0, 0.05) is 24.2 Å². The molecule has 1 N–H and O–H groups in total. The Bertz CT molecular complexity index is 537. The van der Waals surface area contributed by atoms with E-state index in [2.05, 4.69) is 31.2 Å². The molecular formula is C14H16BrN3O2. The Balaban J connectivity index is 2.22. The number of ether oxygens (including phenoxy) is 2. The smallest absolute Gasteiger partial charge is 0.224 e. The van der Waals surface area contributed by atoms with Gasteiger partial charge in [0.25, 0.3) is 0 Å². The van der Waals surface area contributed by atoms with Crippen molar-refractivity contribution < 1.29 is 9.47 Å². The van der Waals surface area contributed by atoms with E-state index >= 15 is 0 Å². The number of nitrogens with one attached hydrogen (secondary N) is 1. The summed E-state index contributed by atoms with van der Waals surface area (Å²) in [6.45, 7) is 3.13. The van der Waals surface area contributed by atoms with Crippen molar-refractivity contribution in [2.45, 2.75) is 13.5 Å². The minimum Gasteiger partial charge on any atom is -0.439 e. The molecule has 0 saturated carbocycles. The molecule has 0 atom stereocenters. The van der Waals surface area contributed by atoms with Crippen molar-refractivity contribution in [3.8, 4) is 11.6 Å². The van der Waals surface area contributed by atoms with Crippen LogP contribution in [0.4, 0.5) is 5.82 Å². The van der Waals surface area contributed by atoms with E-state index in [4.69, 9.17) is 9.47 Å². The van der Waals surface area contributed by atoms with E-state index in [0.29, 0.717) is 18.3 Å². The highest BCUT2D eigenvalue weighted by atomic mass is 79.9. The van der Waals surface area contributed by atoms with Crippen LogP contribution in [0.2, 0.25) is 0 Å². The summed E-state index contributed by atoms with van der Waals surface area (Å²) in [4.78, 5) is 8.65. The summed E-state index contributed by atoms with van der Waals surface area (Å²) in [6.07, 6.45) is 0. The summed E-state index contributed by atoms with van der Waals surface area (Å²) >= 11 is 3.39. The van der Waals surface area contributed by atoms with Gasteiger partial charge in [0.2, 0.25) is 5.88 Å². The number of rotatable bonds is 6. The minimum atomic E-state index is 0.343. The van der Waals surface area contributed by atoms with Gasteiger partial charge in [-0.1, -0.05) is 15.9 Å². The molecule has 106 valence electrons. The van der Waals surface area contributed by atoms with Gasteiger partial charge < -0.3 is 14.8 Å². The van der Waals surface area contributed by atoms with Gasteiger partial charge in [-0.25, -0.2) is 4.98 Å². The normalized spacial score (nSPS) is 10.3. The molecule has 0 spiro atoms. The molecule has 2 aromatic rings. The largest absolute Gasteiger partial charge is 0.439 e. The molecule has 0 unspecified atom stereocenters. The first-order valence-electron chi connectivity index (χ1n) is 6.25.